The predicted molar refractivity (Wildman–Crippen MR) is 82.6 cm³/mol. The number of hydrogen-bond acceptors (Lipinski definition) is 5. The average molecular weight is 327 g/mol. The second-order valence-corrected chi connectivity index (χ2v) is 5.74. The van der Waals surface area contributed by atoms with E-state index in [-0.39, 0.29) is 17.6 Å². The molecule has 1 fully saturated rings. The Morgan fingerprint density at radius 3 is 2.67 bits per heavy atom. The van der Waals surface area contributed by atoms with Crippen molar-refractivity contribution in [1.29, 1.82) is 0 Å². The monoisotopic (exact) mass is 327 g/mol. The van der Waals surface area contributed by atoms with E-state index in [0.29, 0.717) is 17.5 Å². The maximum Gasteiger partial charge on any atom is 0.254 e. The van der Waals surface area contributed by atoms with Crippen LogP contribution < -0.4 is 5.32 Å². The van der Waals surface area contributed by atoms with Gasteiger partial charge in [-0.1, -0.05) is 0 Å². The van der Waals surface area contributed by atoms with Crippen LogP contribution in [0.25, 0.3) is 11.0 Å². The fourth-order valence-corrected chi connectivity index (χ4v) is 2.98. The fraction of sp³-hybridized carbons (Fsp3) is 0.250. The summed E-state index contributed by atoms with van der Waals surface area (Å²) in [5.41, 5.74) is 0.741. The summed E-state index contributed by atoms with van der Waals surface area (Å²) in [6.45, 7) is 0. The zero-order chi connectivity index (χ0) is 16.7. The van der Waals surface area contributed by atoms with Gasteiger partial charge in [-0.2, -0.15) is 5.10 Å². The van der Waals surface area contributed by atoms with Crippen LogP contribution in [0.2, 0.25) is 0 Å². The molecule has 8 heteroatoms. The maximum absolute atomic E-state index is 14.2. The molecule has 3 aromatic rings. The number of amides is 1. The number of carbonyl (C=O) groups excluding carboxylic acids is 1. The lowest BCUT2D eigenvalue weighted by Gasteiger charge is -2.41. The van der Waals surface area contributed by atoms with Crippen LogP contribution in [-0.2, 0) is 0 Å². The minimum Gasteiger partial charge on any atom is -0.391 e. The van der Waals surface area contributed by atoms with E-state index in [2.05, 4.69) is 20.4 Å². The normalized spacial score (nSPS) is 23.0. The molecule has 1 aliphatic carbocycles. The first-order valence-corrected chi connectivity index (χ1v) is 7.52. The Kier molecular flexibility index (Phi) is 3.46. The molecule has 24 heavy (non-hydrogen) atoms. The molecule has 1 saturated carbocycles. The third kappa shape index (κ3) is 2.41. The molecule has 0 saturated heterocycles. The lowest BCUT2D eigenvalue weighted by molar-refractivity contribution is -0.00592. The van der Waals surface area contributed by atoms with Gasteiger partial charge in [0.05, 0.1) is 34.8 Å². The summed E-state index contributed by atoms with van der Waals surface area (Å²) < 4.78 is 15.8. The van der Waals surface area contributed by atoms with Crippen molar-refractivity contribution in [1.82, 2.24) is 25.1 Å². The van der Waals surface area contributed by atoms with Gasteiger partial charge < -0.3 is 10.4 Å². The van der Waals surface area contributed by atoms with Crippen LogP contribution in [0.5, 0.6) is 0 Å². The Morgan fingerprint density at radius 1 is 1.25 bits per heavy atom. The highest BCUT2D eigenvalue weighted by Crippen LogP contribution is 2.32. The first-order chi connectivity index (χ1) is 11.6. The number of aromatic nitrogens is 4. The summed E-state index contributed by atoms with van der Waals surface area (Å²) >= 11 is 0. The van der Waals surface area contributed by atoms with E-state index in [1.165, 1.54) is 24.5 Å². The highest BCUT2D eigenvalue weighted by atomic mass is 19.1. The molecule has 1 aromatic carbocycles. The molecule has 4 rings (SSSR count). The van der Waals surface area contributed by atoms with Gasteiger partial charge in [0, 0.05) is 30.9 Å². The third-order valence-electron chi connectivity index (χ3n) is 4.25. The molecule has 0 unspecified atom stereocenters. The molecular weight excluding hydrogens is 313 g/mol. The van der Waals surface area contributed by atoms with E-state index >= 15 is 0 Å². The van der Waals surface area contributed by atoms with Crippen molar-refractivity contribution in [2.24, 2.45) is 0 Å². The minimum atomic E-state index is -0.656. The van der Waals surface area contributed by atoms with E-state index in [9.17, 15) is 14.3 Å². The second-order valence-electron chi connectivity index (χ2n) is 5.74. The van der Waals surface area contributed by atoms with E-state index in [0.717, 1.165) is 0 Å². The Balaban J connectivity index is 1.57. The van der Waals surface area contributed by atoms with Crippen molar-refractivity contribution in [2.75, 3.05) is 0 Å². The van der Waals surface area contributed by atoms with Gasteiger partial charge in [0.15, 0.2) is 0 Å². The van der Waals surface area contributed by atoms with Crippen LogP contribution in [0, 0.1) is 5.82 Å². The highest BCUT2D eigenvalue weighted by Gasteiger charge is 2.42. The van der Waals surface area contributed by atoms with Gasteiger partial charge in [-0.25, -0.2) is 4.39 Å². The number of carbonyl (C=O) groups is 1. The van der Waals surface area contributed by atoms with E-state index in [1.807, 2.05) is 0 Å². The summed E-state index contributed by atoms with van der Waals surface area (Å²) in [7, 11) is 0. The Morgan fingerprint density at radius 2 is 2.00 bits per heavy atom. The number of nitrogens with zero attached hydrogens (tertiary/aromatic N) is 4. The van der Waals surface area contributed by atoms with Crippen molar-refractivity contribution in [3.05, 3.63) is 54.4 Å². The summed E-state index contributed by atoms with van der Waals surface area (Å²) in [4.78, 5) is 20.5. The van der Waals surface area contributed by atoms with Gasteiger partial charge in [0.1, 0.15) is 5.82 Å². The number of nitrogens with one attached hydrogen (secondary N) is 1. The van der Waals surface area contributed by atoms with Crippen LogP contribution >= 0.6 is 0 Å². The number of benzene rings is 1. The first-order valence-electron chi connectivity index (χ1n) is 7.52. The largest absolute Gasteiger partial charge is 0.391 e. The van der Waals surface area contributed by atoms with E-state index in [1.54, 1.807) is 23.1 Å². The molecule has 3 atom stereocenters. The molecule has 1 amide bonds. The van der Waals surface area contributed by atoms with Crippen LogP contribution in [-0.4, -0.2) is 42.9 Å². The van der Waals surface area contributed by atoms with Gasteiger partial charge in [-0.05, 0) is 18.6 Å². The number of fused-ring (bicyclic) bond motifs is 1. The van der Waals surface area contributed by atoms with E-state index < -0.39 is 17.8 Å². The number of halogens is 1. The highest BCUT2D eigenvalue weighted by molar-refractivity contribution is 5.97. The van der Waals surface area contributed by atoms with Crippen molar-refractivity contribution in [3.8, 4) is 0 Å². The number of aliphatic hydroxyl groups is 1. The van der Waals surface area contributed by atoms with Crippen LogP contribution in [0.3, 0.4) is 0 Å². The maximum atomic E-state index is 14.2. The van der Waals surface area contributed by atoms with Crippen molar-refractivity contribution < 1.29 is 14.3 Å². The summed E-state index contributed by atoms with van der Waals surface area (Å²) in [6, 6.07) is 3.64. The number of aliphatic hydroxyl groups excluding tert-OH is 1. The van der Waals surface area contributed by atoms with Crippen LogP contribution in [0.4, 0.5) is 4.39 Å². The Hall–Kier alpha value is -2.87. The van der Waals surface area contributed by atoms with Gasteiger partial charge >= 0.3 is 0 Å². The van der Waals surface area contributed by atoms with Gasteiger partial charge in [-0.3, -0.25) is 19.4 Å². The zero-order valence-electron chi connectivity index (χ0n) is 12.5. The first kappa shape index (κ1) is 14.7. The van der Waals surface area contributed by atoms with Crippen LogP contribution in [0.1, 0.15) is 22.8 Å². The lowest BCUT2D eigenvalue weighted by Crippen LogP contribution is -2.56. The SMILES string of the molecule is O=C(N[C@H]1C[C@@H](O)[C@@H]1n1cccn1)c1cc2nccnc2cc1F. The molecule has 0 radical (unpaired) electrons. The quantitative estimate of drug-likeness (QED) is 0.751. The lowest BCUT2D eigenvalue weighted by atomic mass is 9.83. The molecule has 0 aliphatic heterocycles. The average Bonchev–Trinajstić information content (AvgIpc) is 3.06. The Bertz CT molecular complexity index is 899. The third-order valence-corrected chi connectivity index (χ3v) is 4.25. The smallest absolute Gasteiger partial charge is 0.254 e. The minimum absolute atomic E-state index is 0.0939. The molecule has 0 bridgehead atoms. The van der Waals surface area contributed by atoms with Crippen molar-refractivity contribution in [2.45, 2.75) is 24.6 Å². The molecule has 2 heterocycles. The summed E-state index contributed by atoms with van der Waals surface area (Å²) in [5.74, 6) is -1.20. The summed E-state index contributed by atoms with van der Waals surface area (Å²) in [6.07, 6.45) is 6.07. The molecule has 2 aromatic heterocycles. The van der Waals surface area contributed by atoms with Crippen molar-refractivity contribution >= 4 is 16.9 Å². The fourth-order valence-electron chi connectivity index (χ4n) is 2.98. The molecule has 7 nitrogen and oxygen atoms in total. The zero-order valence-corrected chi connectivity index (χ0v) is 12.5. The topological polar surface area (TPSA) is 92.9 Å². The predicted octanol–water partition coefficient (Wildman–Crippen LogP) is 1.07. The number of hydrogen-bond donors (Lipinski definition) is 2. The van der Waals surface area contributed by atoms with Gasteiger partial charge in [0.25, 0.3) is 5.91 Å². The molecular formula is C16H14FN5O2. The van der Waals surface area contributed by atoms with Gasteiger partial charge in [-0.15, -0.1) is 0 Å². The van der Waals surface area contributed by atoms with Crippen molar-refractivity contribution in [3.63, 3.8) is 0 Å². The molecule has 2 N–H and O–H groups in total. The second kappa shape index (κ2) is 5.64. The molecule has 0 spiro atoms. The number of rotatable bonds is 3. The molecule has 122 valence electrons. The molecule has 1 aliphatic rings. The Labute approximate surface area is 136 Å². The standard InChI is InChI=1S/C16H14FN5O2/c17-10-7-12-11(18-3-4-19-12)6-9(10)16(24)21-13-8-14(23)15(13)22-5-1-2-20-22/h1-7,13-15,23H,8H2,(H,21,24)/t13-,14+,15+/m0/s1. The van der Waals surface area contributed by atoms with E-state index in [4.69, 9.17) is 0 Å². The summed E-state index contributed by atoms with van der Waals surface area (Å²) in [5, 5.41) is 16.8. The van der Waals surface area contributed by atoms with Crippen LogP contribution in [0.15, 0.2) is 43.0 Å². The van der Waals surface area contributed by atoms with Gasteiger partial charge in [0.2, 0.25) is 0 Å².